The van der Waals surface area contributed by atoms with Crippen molar-refractivity contribution in [2.75, 3.05) is 11.5 Å². The van der Waals surface area contributed by atoms with Gasteiger partial charge >= 0.3 is 5.97 Å². The maximum absolute atomic E-state index is 11.3. The Balaban J connectivity index is 1.98. The lowest BCUT2D eigenvalue weighted by Crippen LogP contribution is -2.25. The number of carboxylic acid groups (broad SMARTS) is 1. The maximum Gasteiger partial charge on any atom is 0.304 e. The first kappa shape index (κ1) is 12.2. The van der Waals surface area contributed by atoms with Crippen molar-refractivity contribution in [1.29, 1.82) is 0 Å². The van der Waals surface area contributed by atoms with Gasteiger partial charge in [0.2, 0.25) is 0 Å². The third-order valence-corrected chi connectivity index (χ3v) is 6.72. The van der Waals surface area contributed by atoms with E-state index in [1.807, 2.05) is 0 Å². The minimum atomic E-state index is -3.14. The van der Waals surface area contributed by atoms with Gasteiger partial charge in [-0.15, -0.1) is 11.8 Å². The molecule has 1 aliphatic heterocycles. The monoisotopic (exact) mass is 266 g/mol. The van der Waals surface area contributed by atoms with E-state index in [2.05, 4.69) is 0 Å². The highest BCUT2D eigenvalue weighted by Crippen LogP contribution is 2.54. The summed E-state index contributed by atoms with van der Waals surface area (Å²) in [5.74, 6) is -1.08. The van der Waals surface area contributed by atoms with Gasteiger partial charge in [-0.25, -0.2) is 8.42 Å². The summed E-state index contributed by atoms with van der Waals surface area (Å²) >= 11 is 1.35. The van der Waals surface area contributed by atoms with Crippen LogP contribution in [0.4, 0.5) is 0 Å². The first-order chi connectivity index (χ1) is 7.32. The molecule has 2 atom stereocenters. The molecule has 0 spiro atoms. The van der Waals surface area contributed by atoms with Crippen molar-refractivity contribution < 1.29 is 23.4 Å². The first-order valence-corrected chi connectivity index (χ1v) is 7.80. The van der Waals surface area contributed by atoms with Gasteiger partial charge < -0.3 is 10.2 Å². The molecule has 7 heteroatoms. The summed E-state index contributed by atoms with van der Waals surface area (Å²) in [6, 6.07) is 0. The minimum absolute atomic E-state index is 0.0276. The largest absolute Gasteiger partial charge is 0.481 e. The van der Waals surface area contributed by atoms with Crippen LogP contribution in [0.1, 0.15) is 19.3 Å². The quantitative estimate of drug-likeness (QED) is 0.737. The van der Waals surface area contributed by atoms with Crippen molar-refractivity contribution in [1.82, 2.24) is 0 Å². The Bertz CT molecular complexity index is 398. The Morgan fingerprint density at radius 1 is 1.38 bits per heavy atom. The van der Waals surface area contributed by atoms with Crippen molar-refractivity contribution in [2.45, 2.75) is 35.4 Å². The lowest BCUT2D eigenvalue weighted by Gasteiger charge is -2.19. The van der Waals surface area contributed by atoms with Crippen LogP contribution in [0.3, 0.4) is 0 Å². The van der Waals surface area contributed by atoms with Crippen LogP contribution in [0.5, 0.6) is 0 Å². The van der Waals surface area contributed by atoms with E-state index >= 15 is 0 Å². The van der Waals surface area contributed by atoms with Gasteiger partial charge in [-0.3, -0.25) is 4.79 Å². The highest BCUT2D eigenvalue weighted by molar-refractivity contribution is 8.03. The number of aliphatic hydroxyl groups is 1. The average Bonchev–Trinajstić information content (AvgIpc) is 2.74. The van der Waals surface area contributed by atoms with E-state index in [-0.39, 0.29) is 27.9 Å². The van der Waals surface area contributed by atoms with Gasteiger partial charge in [-0.05, 0) is 12.8 Å². The predicted molar refractivity (Wildman–Crippen MR) is 60.3 cm³/mol. The van der Waals surface area contributed by atoms with Crippen LogP contribution >= 0.6 is 11.8 Å². The summed E-state index contributed by atoms with van der Waals surface area (Å²) in [6.45, 7) is 0. The van der Waals surface area contributed by atoms with Crippen molar-refractivity contribution >= 4 is 27.6 Å². The van der Waals surface area contributed by atoms with E-state index in [9.17, 15) is 18.3 Å². The number of hydrogen-bond acceptors (Lipinski definition) is 5. The Morgan fingerprint density at radius 2 is 2.00 bits per heavy atom. The number of rotatable bonds is 4. The molecule has 2 rings (SSSR count). The highest BCUT2D eigenvalue weighted by atomic mass is 32.2. The van der Waals surface area contributed by atoms with Crippen molar-refractivity contribution in [3.63, 3.8) is 0 Å². The van der Waals surface area contributed by atoms with Crippen LogP contribution in [-0.2, 0) is 14.6 Å². The number of thioether (sulfide) groups is 1. The zero-order valence-electron chi connectivity index (χ0n) is 8.63. The van der Waals surface area contributed by atoms with E-state index in [0.717, 1.165) is 12.8 Å². The fraction of sp³-hybridized carbons (Fsp3) is 0.889. The topological polar surface area (TPSA) is 91.7 Å². The summed E-state index contributed by atoms with van der Waals surface area (Å²) in [4.78, 5) is 10.6. The summed E-state index contributed by atoms with van der Waals surface area (Å²) in [7, 11) is -3.14. The molecule has 2 N–H and O–H groups in total. The van der Waals surface area contributed by atoms with Gasteiger partial charge in [0.25, 0.3) is 0 Å². The number of hydrogen-bond donors (Lipinski definition) is 2. The number of sulfone groups is 1. The normalized spacial score (nSPS) is 34.8. The molecule has 0 aromatic rings. The van der Waals surface area contributed by atoms with Crippen molar-refractivity contribution in [3.05, 3.63) is 0 Å². The van der Waals surface area contributed by atoms with Crippen LogP contribution in [0, 0.1) is 0 Å². The van der Waals surface area contributed by atoms with E-state index in [4.69, 9.17) is 5.11 Å². The fourth-order valence-electron chi connectivity index (χ4n) is 1.98. The number of aliphatic hydroxyl groups excluding tert-OH is 1. The maximum atomic E-state index is 11.3. The van der Waals surface area contributed by atoms with Crippen LogP contribution in [0.25, 0.3) is 0 Å². The lowest BCUT2D eigenvalue weighted by atomic mass is 10.3. The molecule has 0 unspecified atom stereocenters. The Hall–Kier alpha value is -0.270. The van der Waals surface area contributed by atoms with Gasteiger partial charge in [0.05, 0.1) is 24.0 Å². The molecule has 5 nitrogen and oxygen atoms in total. The van der Waals surface area contributed by atoms with Crippen LogP contribution < -0.4 is 0 Å². The summed E-state index contributed by atoms with van der Waals surface area (Å²) in [5, 5.41) is 18.0. The molecule has 1 aliphatic carbocycles. The van der Waals surface area contributed by atoms with E-state index in [1.54, 1.807) is 0 Å². The molecular weight excluding hydrogens is 252 g/mol. The summed E-state index contributed by atoms with van der Waals surface area (Å²) in [5.41, 5.74) is 0. The summed E-state index contributed by atoms with van der Waals surface area (Å²) < 4.78 is 22.3. The zero-order valence-corrected chi connectivity index (χ0v) is 10.3. The molecule has 0 amide bonds. The molecule has 0 aromatic carbocycles. The van der Waals surface area contributed by atoms with Crippen LogP contribution in [-0.4, -0.2) is 52.2 Å². The first-order valence-electron chi connectivity index (χ1n) is 5.10. The predicted octanol–water partition coefficient (Wildman–Crippen LogP) is -0.115. The third-order valence-electron chi connectivity index (χ3n) is 2.95. The number of carbonyl (C=O) groups is 1. The second-order valence-corrected chi connectivity index (χ2v) is 8.42. The van der Waals surface area contributed by atoms with Gasteiger partial charge in [-0.1, -0.05) is 0 Å². The van der Waals surface area contributed by atoms with Crippen LogP contribution in [0.15, 0.2) is 0 Å². The molecule has 0 bridgehead atoms. The SMILES string of the molecule is O=C(O)CC1(S[C@@H]2CS(=O)(=O)C[C@H]2O)CC1. The Labute approximate surface area is 98.1 Å². The van der Waals surface area contributed by atoms with Gasteiger partial charge in [0.15, 0.2) is 9.84 Å². The molecule has 2 fully saturated rings. The lowest BCUT2D eigenvalue weighted by molar-refractivity contribution is -0.137. The standard InChI is InChI=1S/C9H14O5S2/c10-6-4-16(13,14)5-7(6)15-9(1-2-9)3-8(11)12/h6-7,10H,1-5H2,(H,11,12)/t6-,7-/m1/s1. The van der Waals surface area contributed by atoms with E-state index in [1.165, 1.54) is 11.8 Å². The molecule has 16 heavy (non-hydrogen) atoms. The molecule has 0 aromatic heterocycles. The molecule has 0 radical (unpaired) electrons. The summed E-state index contributed by atoms with van der Waals surface area (Å²) in [6.07, 6.45) is 0.808. The second-order valence-electron chi connectivity index (χ2n) is 4.55. The molecule has 1 heterocycles. The number of carboxylic acids is 1. The molecule has 92 valence electrons. The Morgan fingerprint density at radius 3 is 2.38 bits per heavy atom. The fourth-order valence-corrected chi connectivity index (χ4v) is 6.05. The second kappa shape index (κ2) is 3.89. The minimum Gasteiger partial charge on any atom is -0.481 e. The van der Waals surface area contributed by atoms with Gasteiger partial charge in [0.1, 0.15) is 0 Å². The Kier molecular flexibility index (Phi) is 2.96. The zero-order chi connectivity index (χ0) is 12.0. The van der Waals surface area contributed by atoms with Gasteiger partial charge in [0, 0.05) is 10.00 Å². The van der Waals surface area contributed by atoms with Crippen molar-refractivity contribution in [2.24, 2.45) is 0 Å². The van der Waals surface area contributed by atoms with E-state index < -0.39 is 21.9 Å². The average molecular weight is 266 g/mol. The number of aliphatic carboxylic acids is 1. The molecule has 1 saturated heterocycles. The highest BCUT2D eigenvalue weighted by Gasteiger charge is 2.50. The van der Waals surface area contributed by atoms with Crippen molar-refractivity contribution in [3.8, 4) is 0 Å². The molecular formula is C9H14O5S2. The smallest absolute Gasteiger partial charge is 0.304 e. The third kappa shape index (κ3) is 2.70. The molecule has 2 aliphatic rings. The van der Waals surface area contributed by atoms with E-state index in [0.29, 0.717) is 0 Å². The molecule has 1 saturated carbocycles. The van der Waals surface area contributed by atoms with Gasteiger partial charge in [-0.2, -0.15) is 0 Å². The van der Waals surface area contributed by atoms with Crippen LogP contribution in [0.2, 0.25) is 0 Å².